The molecule has 2 N–H and O–H groups in total. The molecular weight excluding hydrogens is 798 g/mol. The third-order valence-corrected chi connectivity index (χ3v) is 7.47. The third kappa shape index (κ3) is 13.7. The van der Waals surface area contributed by atoms with E-state index in [1.807, 2.05) is 36.4 Å². The van der Waals surface area contributed by atoms with Crippen LogP contribution in [-0.4, -0.2) is 120 Å². The van der Waals surface area contributed by atoms with E-state index in [1.54, 1.807) is 30.5 Å². The van der Waals surface area contributed by atoms with Crippen LogP contribution >= 0.6 is 0 Å². The van der Waals surface area contributed by atoms with E-state index in [4.69, 9.17) is 0 Å². The van der Waals surface area contributed by atoms with E-state index < -0.39 is 49.4 Å². The van der Waals surface area contributed by atoms with Crippen molar-refractivity contribution in [3.05, 3.63) is 78.1 Å². The van der Waals surface area contributed by atoms with Gasteiger partial charge in [0.15, 0.2) is 0 Å². The van der Waals surface area contributed by atoms with Crippen molar-refractivity contribution in [1.82, 2.24) is 30.0 Å². The van der Waals surface area contributed by atoms with Crippen molar-refractivity contribution in [2.24, 2.45) is 0 Å². The van der Waals surface area contributed by atoms with Gasteiger partial charge in [0.2, 0.25) is 11.8 Å². The minimum Gasteiger partial charge on any atom is -0.549 e. The van der Waals surface area contributed by atoms with Crippen LogP contribution in [0.25, 0.3) is 21.8 Å². The van der Waals surface area contributed by atoms with Crippen molar-refractivity contribution in [3.63, 3.8) is 0 Å². The Morgan fingerprint density at radius 3 is 1.76 bits per heavy atom. The van der Waals surface area contributed by atoms with Crippen molar-refractivity contribution in [2.75, 3.05) is 71.3 Å². The number of nitrogens with one attached hydrogen (secondary N) is 2. The Morgan fingerprint density at radius 2 is 1.18 bits per heavy atom. The molecule has 2 aromatic heterocycles. The number of benzene rings is 2. The van der Waals surface area contributed by atoms with Crippen LogP contribution in [-0.2, 0) is 24.0 Å². The quantitative estimate of drug-likeness (QED) is 0.0805. The van der Waals surface area contributed by atoms with Crippen molar-refractivity contribution < 1.29 is 88.7 Å². The molecule has 267 valence electrons. The first kappa shape index (κ1) is 41.1. The van der Waals surface area contributed by atoms with Gasteiger partial charge in [-0.3, -0.25) is 29.3 Å². The smallest absolute Gasteiger partial charge is 0.238 e. The summed E-state index contributed by atoms with van der Waals surface area (Å²) in [6.45, 7) is -2.39. The number of amides is 2. The molecule has 0 fully saturated rings. The second kappa shape index (κ2) is 20.5. The number of rotatable bonds is 17. The molecule has 51 heavy (non-hydrogen) atoms. The van der Waals surface area contributed by atoms with Crippen LogP contribution in [0.15, 0.2) is 66.9 Å². The number of carboxylic acids is 3. The van der Waals surface area contributed by atoms with Crippen LogP contribution in [0.2, 0.25) is 0 Å². The number of carboxylic acid groups (broad SMARTS) is 3. The van der Waals surface area contributed by atoms with Gasteiger partial charge in [-0.2, -0.15) is 0 Å². The number of aromatic nitrogens is 2. The summed E-state index contributed by atoms with van der Waals surface area (Å²) in [5, 5.41) is 40.9. The Bertz CT molecular complexity index is 1930. The number of carbonyl (C=O) groups excluding carboxylic acids is 5. The SMILES string of the molecule is CNC(=O)CN(CCN(CCN(CC(=O)[O-])CC(=O)Nc1ccc(C#Cc2ccc3ccc4cccnc4c3n2)cc1)CC(=O)[O-])CC(=O)[O-].[Eu]. The van der Waals surface area contributed by atoms with E-state index >= 15 is 0 Å². The van der Waals surface area contributed by atoms with Gasteiger partial charge in [0.1, 0.15) is 5.69 Å². The summed E-state index contributed by atoms with van der Waals surface area (Å²) >= 11 is 0. The van der Waals surface area contributed by atoms with E-state index in [1.165, 1.54) is 21.7 Å². The molecule has 0 aliphatic heterocycles. The van der Waals surface area contributed by atoms with E-state index in [-0.39, 0.29) is 88.6 Å². The van der Waals surface area contributed by atoms with Gasteiger partial charge in [-0.15, -0.1) is 0 Å². The Morgan fingerprint density at radius 1 is 0.647 bits per heavy atom. The molecule has 0 saturated carbocycles. The number of hydrogen-bond acceptors (Lipinski definition) is 13. The predicted molar refractivity (Wildman–Crippen MR) is 177 cm³/mol. The molecule has 2 amide bonds. The first-order chi connectivity index (χ1) is 24.0. The maximum absolute atomic E-state index is 12.8. The molecule has 2 heterocycles. The largest absolute Gasteiger partial charge is 0.549 e. The van der Waals surface area contributed by atoms with Crippen LogP contribution in [0.4, 0.5) is 5.69 Å². The average molecular weight is 833 g/mol. The minimum absolute atomic E-state index is 0. The standard InChI is InChI=1S/C35H37N7O8.Eu/c1-36-29(43)19-41(22-32(47)48)17-15-40(21-31(45)46)16-18-42(23-33(49)50)20-30(44)38-27-10-4-24(5-11-27)6-12-28-13-9-26-8-7-25-3-2-14-37-34(25)35(26)39-28;/h2-5,7-11,13-14H,15-23H2,1H3,(H,36,43)(H,38,44)(H,45,46)(H,47,48)(H,49,50);/p-3. The van der Waals surface area contributed by atoms with E-state index in [0.717, 1.165) is 21.8 Å². The molecule has 16 heteroatoms. The van der Waals surface area contributed by atoms with E-state index in [2.05, 4.69) is 32.4 Å². The Labute approximate surface area is 334 Å². The van der Waals surface area contributed by atoms with Gasteiger partial charge in [0, 0.05) is 130 Å². The number of aliphatic carboxylic acids is 3. The number of pyridine rings is 2. The molecule has 0 atom stereocenters. The molecule has 0 bridgehead atoms. The Hall–Kier alpha value is -4.37. The van der Waals surface area contributed by atoms with Crippen molar-refractivity contribution in [3.8, 4) is 11.8 Å². The molecule has 2 aromatic carbocycles. The number of anilines is 1. The fourth-order valence-electron chi connectivity index (χ4n) is 5.06. The molecule has 0 aliphatic rings. The van der Waals surface area contributed by atoms with E-state index in [0.29, 0.717) is 16.9 Å². The second-order valence-corrected chi connectivity index (χ2v) is 11.3. The topological polar surface area (TPSA) is 214 Å². The summed E-state index contributed by atoms with van der Waals surface area (Å²) < 4.78 is 0. The van der Waals surface area contributed by atoms with Gasteiger partial charge >= 0.3 is 0 Å². The first-order valence-corrected chi connectivity index (χ1v) is 15.5. The zero-order chi connectivity index (χ0) is 36.0. The number of nitrogens with zero attached hydrogens (tertiary/aromatic N) is 5. The van der Waals surface area contributed by atoms with Crippen LogP contribution in [0.5, 0.6) is 0 Å². The van der Waals surface area contributed by atoms with Gasteiger partial charge in [-0.05, 0) is 48.4 Å². The van der Waals surface area contributed by atoms with Crippen LogP contribution < -0.4 is 26.0 Å². The average Bonchev–Trinajstić information content (AvgIpc) is 3.08. The van der Waals surface area contributed by atoms with Crippen LogP contribution in [0, 0.1) is 61.2 Å². The maximum atomic E-state index is 12.8. The van der Waals surface area contributed by atoms with Gasteiger partial charge in [0.25, 0.3) is 0 Å². The summed E-state index contributed by atoms with van der Waals surface area (Å²) in [4.78, 5) is 71.5. The molecule has 0 unspecified atom stereocenters. The number of fused-ring (bicyclic) bond motifs is 3. The second-order valence-electron chi connectivity index (χ2n) is 11.3. The van der Waals surface area contributed by atoms with Gasteiger partial charge < -0.3 is 40.3 Å². The first-order valence-electron chi connectivity index (χ1n) is 15.5. The minimum atomic E-state index is -1.44. The van der Waals surface area contributed by atoms with Crippen molar-refractivity contribution in [1.29, 1.82) is 0 Å². The van der Waals surface area contributed by atoms with Crippen molar-refractivity contribution in [2.45, 2.75) is 0 Å². The summed E-state index contributed by atoms with van der Waals surface area (Å²) in [7, 11) is 1.39. The summed E-state index contributed by atoms with van der Waals surface area (Å²) in [6.07, 6.45) is 1.72. The Balaban J connectivity index is 0.00000702. The molecular formula is C35H34EuN7O8-3. The fourth-order valence-corrected chi connectivity index (χ4v) is 5.06. The fraction of sp³-hybridized carbons (Fsp3) is 0.286. The maximum Gasteiger partial charge on any atom is 0.238 e. The predicted octanol–water partition coefficient (Wildman–Crippen LogP) is -2.98. The normalized spacial score (nSPS) is 10.8. The molecule has 4 rings (SSSR count). The van der Waals surface area contributed by atoms with Crippen molar-refractivity contribution >= 4 is 57.2 Å². The Kier molecular flexibility index (Phi) is 16.5. The molecule has 1 radical (unpaired) electrons. The molecule has 0 saturated heterocycles. The zero-order valence-electron chi connectivity index (χ0n) is 27.6. The summed E-state index contributed by atoms with van der Waals surface area (Å²) in [5.41, 5.74) is 3.22. The molecule has 4 aromatic rings. The molecule has 0 spiro atoms. The zero-order valence-corrected chi connectivity index (χ0v) is 30.0. The van der Waals surface area contributed by atoms with Gasteiger partial charge in [0.05, 0.1) is 42.0 Å². The van der Waals surface area contributed by atoms with Gasteiger partial charge in [-0.1, -0.05) is 24.1 Å². The summed E-state index contributed by atoms with van der Waals surface area (Å²) in [6, 6.07) is 18.3. The van der Waals surface area contributed by atoms with Crippen LogP contribution in [0.1, 0.15) is 11.3 Å². The molecule has 0 aliphatic carbocycles. The number of likely N-dealkylation sites (N-methyl/N-ethyl adjacent to an activating group) is 1. The van der Waals surface area contributed by atoms with Gasteiger partial charge in [-0.25, -0.2) is 4.98 Å². The van der Waals surface area contributed by atoms with Crippen LogP contribution in [0.3, 0.4) is 0 Å². The third-order valence-electron chi connectivity index (χ3n) is 7.47. The number of hydrogen-bond donors (Lipinski definition) is 2. The monoisotopic (exact) mass is 833 g/mol. The molecule has 15 nitrogen and oxygen atoms in total. The van der Waals surface area contributed by atoms with E-state index in [9.17, 15) is 39.3 Å². The number of carbonyl (C=O) groups is 5. The summed E-state index contributed by atoms with van der Waals surface area (Å²) in [5.74, 6) is 0.860.